The van der Waals surface area contributed by atoms with E-state index >= 15 is 0 Å². The maximum atomic E-state index is 12.8. The number of nitrogens with one attached hydrogen (secondary N) is 1. The number of nitrogens with zero attached hydrogens (tertiary/aromatic N) is 1. The lowest BCUT2D eigenvalue weighted by molar-refractivity contribution is -0.170. The molecule has 3 atom stereocenters. The van der Waals surface area contributed by atoms with Crippen molar-refractivity contribution in [2.24, 2.45) is 5.41 Å². The van der Waals surface area contributed by atoms with Crippen LogP contribution < -0.4 is 5.32 Å². The van der Waals surface area contributed by atoms with Crippen molar-refractivity contribution in [3.05, 3.63) is 23.7 Å². The van der Waals surface area contributed by atoms with E-state index in [0.29, 0.717) is 25.8 Å². The van der Waals surface area contributed by atoms with Gasteiger partial charge in [-0.25, -0.2) is 4.79 Å². The number of ether oxygens (including phenoxy) is 2. The van der Waals surface area contributed by atoms with E-state index in [9.17, 15) is 4.79 Å². The summed E-state index contributed by atoms with van der Waals surface area (Å²) < 4.78 is 17.3. The first kappa shape index (κ1) is 16.9. The lowest BCUT2D eigenvalue weighted by atomic mass is 9.51. The maximum Gasteiger partial charge on any atom is 0.317 e. The smallest absolute Gasteiger partial charge is 0.317 e. The van der Waals surface area contributed by atoms with Crippen molar-refractivity contribution in [1.29, 1.82) is 0 Å². The lowest BCUT2D eigenvalue weighted by Gasteiger charge is -2.61. The summed E-state index contributed by atoms with van der Waals surface area (Å²) in [6, 6.07) is 4.13. The monoisotopic (exact) mass is 348 g/mol. The van der Waals surface area contributed by atoms with Gasteiger partial charge in [-0.3, -0.25) is 0 Å². The number of amides is 2. The zero-order valence-corrected chi connectivity index (χ0v) is 15.1. The highest BCUT2D eigenvalue weighted by molar-refractivity contribution is 5.75. The van der Waals surface area contributed by atoms with E-state index in [1.807, 2.05) is 30.9 Å². The molecule has 2 amide bonds. The van der Waals surface area contributed by atoms with Crippen LogP contribution in [0.5, 0.6) is 0 Å². The number of carbonyl (C=O) groups excluding carboxylic acids is 1. The van der Waals surface area contributed by atoms with Gasteiger partial charge < -0.3 is 24.1 Å². The van der Waals surface area contributed by atoms with Crippen LogP contribution in [0.3, 0.4) is 0 Å². The van der Waals surface area contributed by atoms with Gasteiger partial charge in [-0.2, -0.15) is 0 Å². The van der Waals surface area contributed by atoms with E-state index in [0.717, 1.165) is 24.5 Å². The largest absolute Gasteiger partial charge is 0.464 e. The highest BCUT2D eigenvalue weighted by Gasteiger charge is 2.59. The molecule has 1 aliphatic heterocycles. The van der Waals surface area contributed by atoms with Gasteiger partial charge in [-0.05, 0) is 45.2 Å². The van der Waals surface area contributed by atoms with Crippen molar-refractivity contribution in [2.75, 3.05) is 26.3 Å². The number of rotatable bonds is 4. The average molecular weight is 348 g/mol. The van der Waals surface area contributed by atoms with Crippen LogP contribution >= 0.6 is 0 Å². The molecule has 3 aliphatic rings. The Kier molecular flexibility index (Phi) is 4.50. The summed E-state index contributed by atoms with van der Waals surface area (Å²) in [5.41, 5.74) is 0.190. The van der Waals surface area contributed by atoms with Crippen LogP contribution in [0.2, 0.25) is 0 Å². The average Bonchev–Trinajstić information content (AvgIpc) is 2.99. The van der Waals surface area contributed by atoms with Crippen molar-refractivity contribution < 1.29 is 18.7 Å². The van der Waals surface area contributed by atoms with Gasteiger partial charge in [0.05, 0.1) is 19.3 Å². The Labute approximate surface area is 148 Å². The van der Waals surface area contributed by atoms with Gasteiger partial charge in [-0.1, -0.05) is 6.42 Å². The van der Waals surface area contributed by atoms with Gasteiger partial charge in [0, 0.05) is 24.6 Å². The molecule has 1 N–H and O–H groups in total. The Morgan fingerprint density at radius 3 is 2.92 bits per heavy atom. The summed E-state index contributed by atoms with van der Waals surface area (Å²) in [5.74, 6) is 1.66. The molecule has 2 aliphatic carbocycles. The van der Waals surface area contributed by atoms with Crippen LogP contribution in [0, 0.1) is 12.3 Å². The van der Waals surface area contributed by atoms with E-state index in [4.69, 9.17) is 13.9 Å². The first-order chi connectivity index (χ1) is 12.1. The van der Waals surface area contributed by atoms with Crippen LogP contribution in [0.1, 0.15) is 50.2 Å². The summed E-state index contributed by atoms with van der Waals surface area (Å²) in [5, 5.41) is 3.27. The normalized spacial score (nSPS) is 30.6. The Morgan fingerprint density at radius 2 is 2.28 bits per heavy atom. The fourth-order valence-electron chi connectivity index (χ4n) is 4.51. The zero-order valence-electron chi connectivity index (χ0n) is 15.1. The SMILES string of the molecule is CCO[C@@H]1C[C@@H](NC(=O)N2CCO[C@@H](c3ccc(C)o3)C2)C12CCC2. The minimum atomic E-state index is -0.177. The van der Waals surface area contributed by atoms with Crippen molar-refractivity contribution in [3.63, 3.8) is 0 Å². The highest BCUT2D eigenvalue weighted by Crippen LogP contribution is 2.57. The summed E-state index contributed by atoms with van der Waals surface area (Å²) >= 11 is 0. The number of hydrogen-bond acceptors (Lipinski definition) is 4. The molecule has 0 radical (unpaired) electrons. The van der Waals surface area contributed by atoms with Gasteiger partial charge in [0.2, 0.25) is 0 Å². The topological polar surface area (TPSA) is 63.9 Å². The predicted molar refractivity (Wildman–Crippen MR) is 92.3 cm³/mol. The van der Waals surface area contributed by atoms with Crippen molar-refractivity contribution in [1.82, 2.24) is 10.2 Å². The summed E-state index contributed by atoms with van der Waals surface area (Å²) in [6.07, 6.45) is 4.65. The molecule has 25 heavy (non-hydrogen) atoms. The standard InChI is InChI=1S/C19H28N2O4/c1-3-23-17-11-16(19(17)7-4-8-19)20-18(22)21-9-10-24-15(12-21)14-6-5-13(2)25-14/h5-6,15-17H,3-4,7-12H2,1-2H3,(H,20,22)/t15-,16-,17-/m1/s1. The number of hydrogen-bond donors (Lipinski definition) is 1. The van der Waals surface area contributed by atoms with Gasteiger partial charge in [0.25, 0.3) is 0 Å². The minimum absolute atomic E-state index is 0.0165. The molecule has 4 rings (SSSR count). The molecule has 1 aromatic rings. The number of carbonyl (C=O) groups is 1. The van der Waals surface area contributed by atoms with E-state index in [1.165, 1.54) is 19.3 Å². The van der Waals surface area contributed by atoms with E-state index in [1.54, 1.807) is 0 Å². The third-order valence-corrected chi connectivity index (χ3v) is 6.17. The van der Waals surface area contributed by atoms with Crippen LogP contribution in [0.25, 0.3) is 0 Å². The van der Waals surface area contributed by atoms with Crippen LogP contribution in [0.4, 0.5) is 4.79 Å². The molecule has 6 nitrogen and oxygen atoms in total. The molecular weight excluding hydrogens is 320 g/mol. The third-order valence-electron chi connectivity index (χ3n) is 6.17. The van der Waals surface area contributed by atoms with Gasteiger partial charge in [0.1, 0.15) is 17.6 Å². The van der Waals surface area contributed by atoms with Gasteiger partial charge >= 0.3 is 6.03 Å². The number of morpholine rings is 1. The zero-order chi connectivity index (χ0) is 17.4. The second-order valence-corrected chi connectivity index (χ2v) is 7.52. The van der Waals surface area contributed by atoms with E-state index in [-0.39, 0.29) is 23.6 Å². The van der Waals surface area contributed by atoms with Crippen molar-refractivity contribution in [3.8, 4) is 0 Å². The quantitative estimate of drug-likeness (QED) is 0.908. The number of furan rings is 1. The van der Waals surface area contributed by atoms with Gasteiger partial charge in [0.15, 0.2) is 0 Å². The maximum absolute atomic E-state index is 12.8. The first-order valence-electron chi connectivity index (χ1n) is 9.47. The van der Waals surface area contributed by atoms with E-state index in [2.05, 4.69) is 5.32 Å². The molecule has 0 aromatic carbocycles. The van der Waals surface area contributed by atoms with E-state index < -0.39 is 0 Å². The second kappa shape index (κ2) is 6.65. The summed E-state index contributed by atoms with van der Waals surface area (Å²) in [7, 11) is 0. The molecule has 1 spiro atoms. The second-order valence-electron chi connectivity index (χ2n) is 7.52. The van der Waals surface area contributed by atoms with Crippen molar-refractivity contribution >= 4 is 6.03 Å². The lowest BCUT2D eigenvalue weighted by Crippen LogP contribution is -2.68. The molecule has 2 saturated carbocycles. The molecule has 1 saturated heterocycles. The molecule has 6 heteroatoms. The van der Waals surface area contributed by atoms with Crippen LogP contribution in [-0.4, -0.2) is 49.4 Å². The fraction of sp³-hybridized carbons (Fsp3) is 0.737. The first-order valence-corrected chi connectivity index (χ1v) is 9.47. The third kappa shape index (κ3) is 2.95. The van der Waals surface area contributed by atoms with Crippen LogP contribution in [-0.2, 0) is 9.47 Å². The fourth-order valence-corrected chi connectivity index (χ4v) is 4.51. The van der Waals surface area contributed by atoms with Crippen molar-refractivity contribution in [2.45, 2.75) is 57.8 Å². The van der Waals surface area contributed by atoms with Crippen LogP contribution in [0.15, 0.2) is 16.5 Å². The molecule has 0 bridgehead atoms. The molecular formula is C19H28N2O4. The molecule has 1 aromatic heterocycles. The minimum Gasteiger partial charge on any atom is -0.464 e. The highest BCUT2D eigenvalue weighted by atomic mass is 16.5. The van der Waals surface area contributed by atoms with Gasteiger partial charge in [-0.15, -0.1) is 0 Å². The number of urea groups is 1. The summed E-state index contributed by atoms with van der Waals surface area (Å²) in [6.45, 7) is 6.41. The predicted octanol–water partition coefficient (Wildman–Crippen LogP) is 3.02. The molecule has 138 valence electrons. The Morgan fingerprint density at radius 1 is 1.44 bits per heavy atom. The Balaban J connectivity index is 1.35. The molecule has 3 fully saturated rings. The Hall–Kier alpha value is -1.53. The molecule has 2 heterocycles. The number of aryl methyl sites for hydroxylation is 1. The summed E-state index contributed by atoms with van der Waals surface area (Å²) in [4.78, 5) is 14.6. The Bertz CT molecular complexity index is 625. The molecule has 0 unspecified atom stereocenters.